The van der Waals surface area contributed by atoms with Crippen molar-refractivity contribution in [3.05, 3.63) is 11.6 Å². The van der Waals surface area contributed by atoms with Crippen molar-refractivity contribution in [3.63, 3.8) is 0 Å². The van der Waals surface area contributed by atoms with E-state index >= 15 is 0 Å². The second-order valence-electron chi connectivity index (χ2n) is 15.7. The van der Waals surface area contributed by atoms with Crippen LogP contribution in [0.4, 0.5) is 0 Å². The number of ether oxygens (including phenoxy) is 2. The zero-order valence-corrected chi connectivity index (χ0v) is 26.7. The predicted octanol–water partition coefficient (Wildman–Crippen LogP) is 0.707. The summed E-state index contributed by atoms with van der Waals surface area (Å²) >= 11 is 0. The van der Waals surface area contributed by atoms with Crippen LogP contribution in [0, 0.1) is 28.6 Å². The number of carbonyl (C=O) groups excluding carboxylic acids is 1. The Morgan fingerprint density at radius 3 is 2.30 bits per heavy atom. The zero-order chi connectivity index (χ0) is 32.6. The number of aliphatic hydroxyl groups excluding tert-OH is 5. The van der Waals surface area contributed by atoms with E-state index in [0.717, 1.165) is 0 Å². The molecule has 0 radical (unpaired) electrons. The Balaban J connectivity index is 1.36. The molecule has 5 aliphatic rings. The minimum Gasteiger partial charge on any atom is -0.394 e. The summed E-state index contributed by atoms with van der Waals surface area (Å²) in [5.74, 6) is -0.841. The van der Waals surface area contributed by atoms with Crippen LogP contribution in [-0.2, 0) is 14.3 Å². The number of hydrogen-bond donors (Lipinski definition) is 8. The van der Waals surface area contributed by atoms with Crippen LogP contribution in [0.2, 0.25) is 0 Å². The third-order valence-corrected chi connectivity index (χ3v) is 12.8. The van der Waals surface area contributed by atoms with Crippen LogP contribution in [0.25, 0.3) is 0 Å². The fourth-order valence-electron chi connectivity index (χ4n) is 9.71. The van der Waals surface area contributed by atoms with Gasteiger partial charge in [-0.3, -0.25) is 4.79 Å². The lowest BCUT2D eigenvalue weighted by atomic mass is 9.44. The van der Waals surface area contributed by atoms with E-state index in [1.165, 1.54) is 6.08 Å². The Hall–Kier alpha value is -0.990. The zero-order valence-electron chi connectivity index (χ0n) is 26.7. The van der Waals surface area contributed by atoms with Crippen molar-refractivity contribution in [2.45, 2.75) is 152 Å². The summed E-state index contributed by atoms with van der Waals surface area (Å²) in [6.07, 6.45) is -2.89. The van der Waals surface area contributed by atoms with Crippen molar-refractivity contribution < 1.29 is 55.1 Å². The van der Waals surface area contributed by atoms with Gasteiger partial charge in [0.05, 0.1) is 30.0 Å². The minimum atomic E-state index is -1.79. The highest BCUT2D eigenvalue weighted by atomic mass is 16.7. The molecule has 1 heterocycles. The molecule has 1 aliphatic heterocycles. The van der Waals surface area contributed by atoms with E-state index in [9.17, 15) is 45.6 Å². The standard InChI is InChI=1S/C33H54O11/c1-17(22(35)9-10-29(2,3)40)19-8-13-32(41)21-14-24(36)33(42)15-18(6-11-31(33,5)20(21)7-12-30(19,32)4)43-28-27(39)26(38)25(37)23(16-34)44-28/h14,17-20,22-23,25-28,34-35,37-42H,6-13,15-16H2,1-5H3. The van der Waals surface area contributed by atoms with Gasteiger partial charge in [-0.05, 0) is 94.6 Å². The molecule has 4 fully saturated rings. The smallest absolute Gasteiger partial charge is 0.187 e. The Morgan fingerprint density at radius 1 is 1.00 bits per heavy atom. The highest BCUT2D eigenvalue weighted by Crippen LogP contribution is 2.69. The first-order valence-electron chi connectivity index (χ1n) is 16.4. The van der Waals surface area contributed by atoms with Gasteiger partial charge in [0.15, 0.2) is 12.1 Å². The average molecular weight is 627 g/mol. The lowest BCUT2D eigenvalue weighted by Crippen LogP contribution is -2.67. The maximum absolute atomic E-state index is 13.9. The van der Waals surface area contributed by atoms with E-state index in [1.54, 1.807) is 13.8 Å². The first-order chi connectivity index (χ1) is 20.3. The van der Waals surface area contributed by atoms with Gasteiger partial charge >= 0.3 is 0 Å². The topological polar surface area (TPSA) is 197 Å². The van der Waals surface area contributed by atoms with Crippen LogP contribution in [-0.4, -0.2) is 113 Å². The maximum atomic E-state index is 13.9. The van der Waals surface area contributed by atoms with E-state index < -0.39 is 82.9 Å². The molecule has 252 valence electrons. The number of rotatable bonds is 8. The Kier molecular flexibility index (Phi) is 9.06. The summed E-state index contributed by atoms with van der Waals surface area (Å²) in [4.78, 5) is 13.9. The van der Waals surface area contributed by atoms with Gasteiger partial charge in [0.25, 0.3) is 0 Å². The average Bonchev–Trinajstić information content (AvgIpc) is 3.24. The van der Waals surface area contributed by atoms with Crippen molar-refractivity contribution in [1.82, 2.24) is 0 Å². The molecular formula is C33H54O11. The van der Waals surface area contributed by atoms with Gasteiger partial charge in [-0.1, -0.05) is 20.8 Å². The molecule has 14 unspecified atom stereocenters. The summed E-state index contributed by atoms with van der Waals surface area (Å²) in [5, 5.41) is 86.1. The molecule has 11 nitrogen and oxygen atoms in total. The van der Waals surface area contributed by atoms with E-state index in [2.05, 4.69) is 6.92 Å². The van der Waals surface area contributed by atoms with Crippen LogP contribution < -0.4 is 0 Å². The molecule has 0 bridgehead atoms. The van der Waals surface area contributed by atoms with Crippen molar-refractivity contribution in [2.75, 3.05) is 6.61 Å². The van der Waals surface area contributed by atoms with Crippen molar-refractivity contribution in [2.24, 2.45) is 28.6 Å². The highest BCUT2D eigenvalue weighted by molar-refractivity contribution is 6.00. The van der Waals surface area contributed by atoms with Gasteiger partial charge in [-0.15, -0.1) is 0 Å². The molecule has 0 aromatic rings. The second-order valence-corrected chi connectivity index (χ2v) is 15.7. The molecule has 8 N–H and O–H groups in total. The fourth-order valence-corrected chi connectivity index (χ4v) is 9.71. The first kappa shape index (κ1) is 34.3. The van der Waals surface area contributed by atoms with Crippen LogP contribution in [0.15, 0.2) is 11.6 Å². The van der Waals surface area contributed by atoms with Crippen molar-refractivity contribution >= 4 is 5.78 Å². The number of hydrogen-bond acceptors (Lipinski definition) is 11. The molecule has 0 aromatic carbocycles. The molecule has 0 amide bonds. The lowest BCUT2D eigenvalue weighted by Gasteiger charge is -2.62. The van der Waals surface area contributed by atoms with Crippen LogP contribution in [0.1, 0.15) is 92.4 Å². The number of ketones is 1. The Morgan fingerprint density at radius 2 is 1.66 bits per heavy atom. The number of aliphatic hydroxyl groups is 8. The number of carbonyl (C=O) groups is 1. The van der Waals surface area contributed by atoms with Gasteiger partial charge in [0, 0.05) is 17.3 Å². The quantitative estimate of drug-likeness (QED) is 0.189. The summed E-state index contributed by atoms with van der Waals surface area (Å²) in [7, 11) is 0. The summed E-state index contributed by atoms with van der Waals surface area (Å²) in [6, 6.07) is 0. The van der Waals surface area contributed by atoms with Crippen molar-refractivity contribution in [3.8, 4) is 0 Å². The van der Waals surface area contributed by atoms with Gasteiger partial charge in [0.1, 0.15) is 30.0 Å². The fraction of sp³-hybridized carbons (Fsp3) is 0.909. The normalized spacial score (nSPS) is 49.0. The molecule has 11 heteroatoms. The largest absolute Gasteiger partial charge is 0.394 e. The molecular weight excluding hydrogens is 572 g/mol. The lowest BCUT2D eigenvalue weighted by molar-refractivity contribution is -0.319. The van der Waals surface area contributed by atoms with Crippen LogP contribution in [0.5, 0.6) is 0 Å². The monoisotopic (exact) mass is 626 g/mol. The van der Waals surface area contributed by atoms with Gasteiger partial charge in [-0.2, -0.15) is 0 Å². The minimum absolute atomic E-state index is 0.0116. The van der Waals surface area contributed by atoms with E-state index in [-0.39, 0.29) is 24.2 Å². The van der Waals surface area contributed by atoms with Crippen LogP contribution >= 0.6 is 0 Å². The molecule has 0 aromatic heterocycles. The third-order valence-electron chi connectivity index (χ3n) is 12.8. The Bertz CT molecular complexity index is 1120. The molecule has 1 saturated heterocycles. The summed E-state index contributed by atoms with van der Waals surface area (Å²) < 4.78 is 11.5. The van der Waals surface area contributed by atoms with Gasteiger partial charge in [-0.25, -0.2) is 0 Å². The predicted molar refractivity (Wildman–Crippen MR) is 158 cm³/mol. The highest BCUT2D eigenvalue weighted by Gasteiger charge is 2.70. The third kappa shape index (κ3) is 5.23. The van der Waals surface area contributed by atoms with Gasteiger partial charge in [0.2, 0.25) is 0 Å². The molecule has 4 aliphatic carbocycles. The SMILES string of the molecule is CC(C(O)CCC(C)(C)O)C1CCC2(O)C3=CC(=O)C4(O)CC(OC5OC(CO)C(O)C(O)C5O)CCC4(C)C3CCC12C. The van der Waals surface area contributed by atoms with E-state index in [1.807, 2.05) is 13.8 Å². The van der Waals surface area contributed by atoms with E-state index in [0.29, 0.717) is 56.9 Å². The molecule has 3 saturated carbocycles. The van der Waals surface area contributed by atoms with Crippen LogP contribution in [0.3, 0.4) is 0 Å². The first-order valence-corrected chi connectivity index (χ1v) is 16.4. The molecule has 14 atom stereocenters. The summed E-state index contributed by atoms with van der Waals surface area (Å²) in [6.45, 7) is 8.86. The molecule has 0 spiro atoms. The maximum Gasteiger partial charge on any atom is 0.187 e. The Labute approximate surface area is 259 Å². The summed E-state index contributed by atoms with van der Waals surface area (Å²) in [5.41, 5.74) is -4.69. The second kappa shape index (κ2) is 11.6. The van der Waals surface area contributed by atoms with Crippen molar-refractivity contribution in [1.29, 1.82) is 0 Å². The van der Waals surface area contributed by atoms with E-state index in [4.69, 9.17) is 9.47 Å². The molecule has 5 rings (SSSR count). The van der Waals surface area contributed by atoms with Gasteiger partial charge < -0.3 is 50.3 Å². The number of fused-ring (bicyclic) bond motifs is 5. The molecule has 44 heavy (non-hydrogen) atoms.